The lowest BCUT2D eigenvalue weighted by atomic mass is 10.0. The minimum atomic E-state index is -0.464. The highest BCUT2D eigenvalue weighted by Gasteiger charge is 2.24. The van der Waals surface area contributed by atoms with Crippen LogP contribution in [-0.2, 0) is 9.53 Å². The highest BCUT2D eigenvalue weighted by molar-refractivity contribution is 7.80. The first-order valence-corrected chi connectivity index (χ1v) is 7.13. The van der Waals surface area contributed by atoms with Gasteiger partial charge in [-0.25, -0.2) is 0 Å². The summed E-state index contributed by atoms with van der Waals surface area (Å²) in [7, 11) is 0. The van der Waals surface area contributed by atoms with E-state index in [1.165, 1.54) is 0 Å². The summed E-state index contributed by atoms with van der Waals surface area (Å²) in [6, 6.07) is 10.0. The third-order valence-corrected chi connectivity index (χ3v) is 3.35. The largest absolute Gasteiger partial charge is 0.465 e. The van der Waals surface area contributed by atoms with Crippen molar-refractivity contribution in [3.8, 4) is 0 Å². The fourth-order valence-electron chi connectivity index (χ4n) is 1.86. The maximum Gasteiger partial charge on any atom is 0.316 e. The smallest absolute Gasteiger partial charge is 0.316 e. The quantitative estimate of drug-likeness (QED) is 0.474. The fraction of sp³-hybridized carbons (Fsp3) is 0.375. The van der Waals surface area contributed by atoms with E-state index in [1.54, 1.807) is 13.0 Å². The molecule has 0 aliphatic heterocycles. The van der Waals surface area contributed by atoms with Gasteiger partial charge < -0.3 is 10.1 Å². The van der Waals surface area contributed by atoms with Crippen molar-refractivity contribution >= 4 is 23.2 Å². The predicted molar refractivity (Wildman–Crippen MR) is 85.5 cm³/mol. The molecule has 4 heteroatoms. The molecule has 20 heavy (non-hydrogen) atoms. The van der Waals surface area contributed by atoms with Crippen molar-refractivity contribution < 1.29 is 9.53 Å². The number of carbonyl (C=O) groups excluding carboxylic acids is 1. The summed E-state index contributed by atoms with van der Waals surface area (Å²) in [6.07, 6.45) is 2.16. The van der Waals surface area contributed by atoms with Gasteiger partial charge in [-0.1, -0.05) is 48.6 Å². The summed E-state index contributed by atoms with van der Waals surface area (Å²) < 4.78 is 5.05. The van der Waals surface area contributed by atoms with Gasteiger partial charge in [-0.15, -0.1) is 6.58 Å². The molecule has 0 aromatic heterocycles. The van der Waals surface area contributed by atoms with Crippen molar-refractivity contribution in [2.75, 3.05) is 6.61 Å². The van der Waals surface area contributed by atoms with E-state index in [4.69, 9.17) is 17.0 Å². The third kappa shape index (κ3) is 4.78. The van der Waals surface area contributed by atoms with Crippen LogP contribution in [0.1, 0.15) is 31.9 Å². The molecule has 108 valence electrons. The fourth-order valence-corrected chi connectivity index (χ4v) is 2.23. The minimum Gasteiger partial charge on any atom is -0.465 e. The van der Waals surface area contributed by atoms with E-state index in [1.807, 2.05) is 37.3 Å². The van der Waals surface area contributed by atoms with Crippen molar-refractivity contribution in [1.82, 2.24) is 5.32 Å². The number of thiocarbonyl (C=S) groups is 1. The zero-order valence-corrected chi connectivity index (χ0v) is 12.8. The molecule has 1 aromatic rings. The summed E-state index contributed by atoms with van der Waals surface area (Å²) >= 11 is 5.35. The second kappa shape index (κ2) is 8.48. The van der Waals surface area contributed by atoms with E-state index in [-0.39, 0.29) is 12.0 Å². The molecule has 0 bridgehead atoms. The van der Waals surface area contributed by atoms with Crippen LogP contribution in [0.15, 0.2) is 43.0 Å². The number of hydrogen-bond acceptors (Lipinski definition) is 3. The number of esters is 1. The highest BCUT2D eigenvalue weighted by atomic mass is 32.1. The molecule has 3 nitrogen and oxygen atoms in total. The molecule has 0 fully saturated rings. The second-order valence-corrected chi connectivity index (χ2v) is 4.91. The third-order valence-electron chi connectivity index (χ3n) is 2.95. The van der Waals surface area contributed by atoms with Crippen molar-refractivity contribution in [2.24, 2.45) is 5.92 Å². The topological polar surface area (TPSA) is 38.3 Å². The van der Waals surface area contributed by atoms with Crippen molar-refractivity contribution in [1.29, 1.82) is 0 Å². The summed E-state index contributed by atoms with van der Waals surface area (Å²) in [5, 5.41) is 3.20. The van der Waals surface area contributed by atoms with Crippen LogP contribution in [-0.4, -0.2) is 17.6 Å². The van der Waals surface area contributed by atoms with E-state index in [2.05, 4.69) is 11.9 Å². The van der Waals surface area contributed by atoms with Gasteiger partial charge in [0.1, 0.15) is 5.92 Å². The summed E-state index contributed by atoms with van der Waals surface area (Å²) in [5.41, 5.74) is 1.12. The molecule has 2 atom stereocenters. The number of carbonyl (C=O) groups is 1. The molecule has 0 saturated carbocycles. The lowest BCUT2D eigenvalue weighted by Gasteiger charge is -2.21. The SMILES string of the molecule is C=CC[C@@H](C(=O)OCC)C(=S)N[C@H](C)c1ccccc1. The van der Waals surface area contributed by atoms with Crippen LogP contribution in [0, 0.1) is 5.92 Å². The van der Waals surface area contributed by atoms with E-state index < -0.39 is 5.92 Å². The maximum atomic E-state index is 11.9. The molecular formula is C16H21NO2S. The van der Waals surface area contributed by atoms with Crippen molar-refractivity contribution in [2.45, 2.75) is 26.3 Å². The molecule has 0 aliphatic rings. The Morgan fingerprint density at radius 3 is 2.65 bits per heavy atom. The molecule has 0 spiro atoms. The van der Waals surface area contributed by atoms with Crippen LogP contribution in [0.4, 0.5) is 0 Å². The first-order chi connectivity index (χ1) is 9.60. The van der Waals surface area contributed by atoms with E-state index in [0.29, 0.717) is 18.0 Å². The average molecular weight is 291 g/mol. The Balaban J connectivity index is 2.70. The molecule has 1 rings (SSSR count). The molecule has 0 heterocycles. The van der Waals surface area contributed by atoms with Crippen LogP contribution in [0.25, 0.3) is 0 Å². The normalized spacial score (nSPS) is 13.1. The Kier molecular flexibility index (Phi) is 6.94. The van der Waals surface area contributed by atoms with Gasteiger partial charge in [-0.2, -0.15) is 0 Å². The van der Waals surface area contributed by atoms with Gasteiger partial charge in [0.25, 0.3) is 0 Å². The minimum absolute atomic E-state index is 0.0467. The summed E-state index contributed by atoms with van der Waals surface area (Å²) in [5.74, 6) is -0.765. The molecular weight excluding hydrogens is 270 g/mol. The van der Waals surface area contributed by atoms with E-state index in [0.717, 1.165) is 5.56 Å². The lowest BCUT2D eigenvalue weighted by molar-refractivity contribution is -0.145. The molecule has 1 N–H and O–H groups in total. The Morgan fingerprint density at radius 1 is 1.45 bits per heavy atom. The number of rotatable bonds is 7. The van der Waals surface area contributed by atoms with Gasteiger partial charge in [0, 0.05) is 6.04 Å². The average Bonchev–Trinajstić information content (AvgIpc) is 2.45. The van der Waals surface area contributed by atoms with Gasteiger partial charge >= 0.3 is 5.97 Å². The van der Waals surface area contributed by atoms with Crippen LogP contribution >= 0.6 is 12.2 Å². The van der Waals surface area contributed by atoms with E-state index in [9.17, 15) is 4.79 Å². The Bertz CT molecular complexity index is 459. The number of hydrogen-bond donors (Lipinski definition) is 1. The molecule has 0 unspecified atom stereocenters. The van der Waals surface area contributed by atoms with Gasteiger partial charge in [0.2, 0.25) is 0 Å². The zero-order valence-electron chi connectivity index (χ0n) is 12.0. The van der Waals surface area contributed by atoms with Gasteiger partial charge in [-0.05, 0) is 25.8 Å². The number of benzene rings is 1. The molecule has 0 amide bonds. The summed E-state index contributed by atoms with van der Waals surface area (Å²) in [6.45, 7) is 7.81. The molecule has 0 radical (unpaired) electrons. The second-order valence-electron chi connectivity index (χ2n) is 4.47. The Morgan fingerprint density at radius 2 is 2.10 bits per heavy atom. The molecule has 0 saturated heterocycles. The zero-order chi connectivity index (χ0) is 15.0. The maximum absolute atomic E-state index is 11.9. The number of allylic oxidation sites excluding steroid dienone is 1. The van der Waals surface area contributed by atoms with Crippen LogP contribution < -0.4 is 5.32 Å². The number of nitrogens with one attached hydrogen (secondary N) is 1. The monoisotopic (exact) mass is 291 g/mol. The molecule has 0 aliphatic carbocycles. The van der Waals surface area contributed by atoms with Crippen LogP contribution in [0.2, 0.25) is 0 Å². The van der Waals surface area contributed by atoms with Gasteiger partial charge in [0.15, 0.2) is 0 Å². The Labute approximate surface area is 126 Å². The predicted octanol–water partition coefficient (Wildman–Crippen LogP) is 3.42. The van der Waals surface area contributed by atoms with Gasteiger partial charge in [0.05, 0.1) is 11.6 Å². The van der Waals surface area contributed by atoms with E-state index >= 15 is 0 Å². The Hall–Kier alpha value is -1.68. The van der Waals surface area contributed by atoms with Crippen molar-refractivity contribution in [3.05, 3.63) is 48.6 Å². The van der Waals surface area contributed by atoms with Crippen LogP contribution in [0.5, 0.6) is 0 Å². The lowest BCUT2D eigenvalue weighted by Crippen LogP contribution is -2.36. The standard InChI is InChI=1S/C16H21NO2S/c1-4-9-14(16(18)19-5-2)15(20)17-12(3)13-10-7-6-8-11-13/h4,6-8,10-12,14H,1,5,9H2,2-3H3,(H,17,20)/t12-,14-/m1/s1. The number of ether oxygens (including phenoxy) is 1. The van der Waals surface area contributed by atoms with Crippen LogP contribution in [0.3, 0.4) is 0 Å². The first kappa shape index (κ1) is 16.4. The first-order valence-electron chi connectivity index (χ1n) is 6.73. The highest BCUT2D eigenvalue weighted by Crippen LogP contribution is 2.15. The summed E-state index contributed by atoms with van der Waals surface area (Å²) in [4.78, 5) is 12.4. The van der Waals surface area contributed by atoms with Crippen molar-refractivity contribution in [3.63, 3.8) is 0 Å². The van der Waals surface area contributed by atoms with Gasteiger partial charge in [-0.3, -0.25) is 4.79 Å². The molecule has 1 aromatic carbocycles.